The first kappa shape index (κ1) is 13.5. The minimum absolute atomic E-state index is 0.0467. The third-order valence-corrected chi connectivity index (χ3v) is 3.07. The van der Waals surface area contributed by atoms with Crippen molar-refractivity contribution in [3.05, 3.63) is 28.0 Å². The smallest absolute Gasteiger partial charge is 0.340 e. The third-order valence-electron chi connectivity index (χ3n) is 2.63. The van der Waals surface area contributed by atoms with Gasteiger partial charge in [-0.25, -0.2) is 9.78 Å². The molecule has 0 saturated heterocycles. The SMILES string of the molecule is COC(=O)Cc1[nH]c2ncc(Br)cc2c1C(=O)OC. The molecule has 2 heterocycles. The monoisotopic (exact) mass is 326 g/mol. The van der Waals surface area contributed by atoms with Gasteiger partial charge in [-0.15, -0.1) is 0 Å². The van der Waals surface area contributed by atoms with E-state index < -0.39 is 11.9 Å². The highest BCUT2D eigenvalue weighted by atomic mass is 79.9. The van der Waals surface area contributed by atoms with Gasteiger partial charge in [-0.05, 0) is 22.0 Å². The van der Waals surface area contributed by atoms with Crippen molar-refractivity contribution in [2.24, 2.45) is 0 Å². The van der Waals surface area contributed by atoms with Crippen LogP contribution in [0.2, 0.25) is 0 Å². The molecule has 0 aliphatic carbocycles. The van der Waals surface area contributed by atoms with Crippen LogP contribution in [0, 0.1) is 0 Å². The third kappa shape index (κ3) is 2.60. The Bertz CT molecular complexity index is 650. The van der Waals surface area contributed by atoms with Crippen LogP contribution in [-0.2, 0) is 20.7 Å². The Kier molecular flexibility index (Phi) is 3.84. The second-order valence-corrected chi connectivity index (χ2v) is 4.69. The molecule has 0 spiro atoms. The zero-order valence-corrected chi connectivity index (χ0v) is 11.9. The number of rotatable bonds is 3. The van der Waals surface area contributed by atoms with E-state index in [-0.39, 0.29) is 6.42 Å². The molecular weight excluding hydrogens is 316 g/mol. The molecule has 2 aromatic rings. The summed E-state index contributed by atoms with van der Waals surface area (Å²) in [4.78, 5) is 30.3. The van der Waals surface area contributed by atoms with Gasteiger partial charge in [0.25, 0.3) is 0 Å². The van der Waals surface area contributed by atoms with Gasteiger partial charge in [0.2, 0.25) is 0 Å². The van der Waals surface area contributed by atoms with Crippen molar-refractivity contribution in [3.8, 4) is 0 Å². The minimum Gasteiger partial charge on any atom is -0.469 e. The number of hydrogen-bond donors (Lipinski definition) is 1. The maximum Gasteiger partial charge on any atom is 0.340 e. The highest BCUT2D eigenvalue weighted by Crippen LogP contribution is 2.25. The van der Waals surface area contributed by atoms with E-state index in [9.17, 15) is 9.59 Å². The highest BCUT2D eigenvalue weighted by molar-refractivity contribution is 9.10. The molecule has 1 N–H and O–H groups in total. The second-order valence-electron chi connectivity index (χ2n) is 3.77. The van der Waals surface area contributed by atoms with Gasteiger partial charge < -0.3 is 14.5 Å². The lowest BCUT2D eigenvalue weighted by Gasteiger charge is -2.02. The van der Waals surface area contributed by atoms with Crippen LogP contribution in [0.25, 0.3) is 11.0 Å². The van der Waals surface area contributed by atoms with E-state index in [1.807, 2.05) is 0 Å². The van der Waals surface area contributed by atoms with E-state index in [1.54, 1.807) is 12.3 Å². The summed E-state index contributed by atoms with van der Waals surface area (Å²) in [6.45, 7) is 0. The van der Waals surface area contributed by atoms with Crippen LogP contribution in [-0.4, -0.2) is 36.1 Å². The minimum atomic E-state index is -0.523. The summed E-state index contributed by atoms with van der Waals surface area (Å²) in [5, 5.41) is 0.597. The van der Waals surface area contributed by atoms with E-state index in [1.165, 1.54) is 14.2 Å². The largest absolute Gasteiger partial charge is 0.469 e. The van der Waals surface area contributed by atoms with Crippen LogP contribution >= 0.6 is 15.9 Å². The summed E-state index contributed by atoms with van der Waals surface area (Å²) >= 11 is 3.29. The lowest BCUT2D eigenvalue weighted by molar-refractivity contribution is -0.139. The number of methoxy groups -OCH3 is 2. The topological polar surface area (TPSA) is 81.3 Å². The number of aromatic nitrogens is 2. The van der Waals surface area contributed by atoms with Gasteiger partial charge in [0.05, 0.1) is 26.2 Å². The summed E-state index contributed by atoms with van der Waals surface area (Å²) in [5.74, 6) is -0.971. The van der Waals surface area contributed by atoms with Crippen molar-refractivity contribution in [1.82, 2.24) is 9.97 Å². The average Bonchev–Trinajstić information content (AvgIpc) is 2.74. The number of hydrogen-bond acceptors (Lipinski definition) is 5. The Hall–Kier alpha value is -1.89. The number of H-pyrrole nitrogens is 1. The Morgan fingerprint density at radius 1 is 1.37 bits per heavy atom. The Morgan fingerprint density at radius 2 is 2.11 bits per heavy atom. The molecule has 0 bridgehead atoms. The fraction of sp³-hybridized carbons (Fsp3) is 0.250. The van der Waals surface area contributed by atoms with Crippen molar-refractivity contribution in [2.45, 2.75) is 6.42 Å². The molecule has 2 aromatic heterocycles. The van der Waals surface area contributed by atoms with Crippen molar-refractivity contribution in [1.29, 1.82) is 0 Å². The number of nitrogens with one attached hydrogen (secondary N) is 1. The lowest BCUT2D eigenvalue weighted by atomic mass is 10.1. The molecule has 100 valence electrons. The molecule has 0 saturated carbocycles. The van der Waals surface area contributed by atoms with Gasteiger partial charge >= 0.3 is 11.9 Å². The molecule has 0 unspecified atom stereocenters. The van der Waals surface area contributed by atoms with Crippen molar-refractivity contribution >= 4 is 38.9 Å². The number of carbonyl (C=O) groups is 2. The molecule has 0 radical (unpaired) electrons. The first-order chi connectivity index (χ1) is 9.06. The first-order valence-electron chi connectivity index (χ1n) is 5.38. The number of pyridine rings is 1. The van der Waals surface area contributed by atoms with Gasteiger partial charge in [0.1, 0.15) is 5.65 Å². The molecule has 0 aliphatic heterocycles. The first-order valence-corrected chi connectivity index (χ1v) is 6.17. The molecule has 0 atom stereocenters. The maximum absolute atomic E-state index is 11.9. The normalized spacial score (nSPS) is 10.5. The van der Waals surface area contributed by atoms with Crippen LogP contribution in [0.5, 0.6) is 0 Å². The zero-order valence-electron chi connectivity index (χ0n) is 10.3. The van der Waals surface area contributed by atoms with Crippen LogP contribution in [0.15, 0.2) is 16.7 Å². The van der Waals surface area contributed by atoms with E-state index >= 15 is 0 Å². The fourth-order valence-corrected chi connectivity index (χ4v) is 2.11. The Labute approximate surface area is 117 Å². The predicted octanol–water partition coefficient (Wildman–Crippen LogP) is 1.83. The average molecular weight is 327 g/mol. The number of nitrogens with zero attached hydrogens (tertiary/aromatic N) is 1. The summed E-state index contributed by atoms with van der Waals surface area (Å²) in [7, 11) is 2.58. The number of halogens is 1. The zero-order chi connectivity index (χ0) is 14.0. The molecule has 7 heteroatoms. The standard InChI is InChI=1S/C12H11BrN2O4/c1-18-9(16)4-8-10(12(17)19-2)7-3-6(13)5-14-11(7)15-8/h3,5H,4H2,1-2H3,(H,14,15). The quantitative estimate of drug-likeness (QED) is 0.870. The second kappa shape index (κ2) is 5.40. The molecular formula is C12H11BrN2O4. The van der Waals surface area contributed by atoms with Gasteiger partial charge in [-0.1, -0.05) is 0 Å². The fourth-order valence-electron chi connectivity index (χ4n) is 1.78. The lowest BCUT2D eigenvalue weighted by Crippen LogP contribution is -2.10. The Balaban J connectivity index is 2.61. The highest BCUT2D eigenvalue weighted by Gasteiger charge is 2.22. The van der Waals surface area contributed by atoms with Gasteiger partial charge in [0, 0.05) is 21.7 Å². The summed E-state index contributed by atoms with van der Waals surface area (Å²) in [5.41, 5.74) is 1.25. The molecule has 0 aromatic carbocycles. The summed E-state index contributed by atoms with van der Waals surface area (Å²) in [6, 6.07) is 1.74. The van der Waals surface area contributed by atoms with Gasteiger partial charge in [-0.3, -0.25) is 4.79 Å². The van der Waals surface area contributed by atoms with Crippen molar-refractivity contribution in [2.75, 3.05) is 14.2 Å². The van der Waals surface area contributed by atoms with Crippen LogP contribution in [0.1, 0.15) is 16.1 Å². The molecule has 6 nitrogen and oxygen atoms in total. The number of aromatic amines is 1. The predicted molar refractivity (Wildman–Crippen MR) is 70.9 cm³/mol. The Morgan fingerprint density at radius 3 is 2.74 bits per heavy atom. The van der Waals surface area contributed by atoms with E-state index in [0.717, 1.165) is 4.47 Å². The summed E-state index contributed by atoms with van der Waals surface area (Å²) in [6.07, 6.45) is 1.55. The maximum atomic E-state index is 11.9. The van der Waals surface area contributed by atoms with E-state index in [0.29, 0.717) is 22.3 Å². The molecule has 2 rings (SSSR count). The van der Waals surface area contributed by atoms with E-state index in [4.69, 9.17) is 4.74 Å². The summed E-state index contributed by atoms with van der Waals surface area (Å²) < 4.78 is 10.1. The molecule has 19 heavy (non-hydrogen) atoms. The number of carbonyl (C=O) groups excluding carboxylic acids is 2. The van der Waals surface area contributed by atoms with Crippen LogP contribution < -0.4 is 0 Å². The van der Waals surface area contributed by atoms with Crippen LogP contribution in [0.4, 0.5) is 0 Å². The van der Waals surface area contributed by atoms with Gasteiger partial charge in [-0.2, -0.15) is 0 Å². The van der Waals surface area contributed by atoms with Gasteiger partial charge in [0.15, 0.2) is 0 Å². The van der Waals surface area contributed by atoms with Crippen molar-refractivity contribution in [3.63, 3.8) is 0 Å². The van der Waals surface area contributed by atoms with Crippen LogP contribution in [0.3, 0.4) is 0 Å². The molecule has 0 fully saturated rings. The number of esters is 2. The number of fused-ring (bicyclic) bond motifs is 1. The number of ether oxygens (including phenoxy) is 2. The van der Waals surface area contributed by atoms with E-state index in [2.05, 4.69) is 30.6 Å². The molecule has 0 aliphatic rings. The molecule has 0 amide bonds. The van der Waals surface area contributed by atoms with Crippen molar-refractivity contribution < 1.29 is 19.1 Å².